The quantitative estimate of drug-likeness (QED) is 0.719. The molecule has 88 valence electrons. The zero-order chi connectivity index (χ0) is 11.1. The Hall–Kier alpha value is -0.0800. The smallest absolute Gasteiger partial charge is 0.0388 e. The molecule has 1 saturated heterocycles. The number of nitrogens with zero attached hydrogens (tertiary/aromatic N) is 1. The topological polar surface area (TPSA) is 29.3 Å². The maximum absolute atomic E-state index is 6.42. The molecule has 1 aliphatic heterocycles. The Morgan fingerprint density at radius 2 is 2.00 bits per heavy atom. The van der Waals surface area contributed by atoms with E-state index in [4.69, 9.17) is 5.73 Å². The fourth-order valence-electron chi connectivity index (χ4n) is 4.04. The molecule has 0 aromatic rings. The van der Waals surface area contributed by atoms with Crippen LogP contribution in [-0.2, 0) is 0 Å². The van der Waals surface area contributed by atoms with E-state index in [9.17, 15) is 0 Å². The van der Waals surface area contributed by atoms with Gasteiger partial charge in [-0.3, -0.25) is 4.90 Å². The lowest BCUT2D eigenvalue weighted by Crippen LogP contribution is -2.60. The lowest BCUT2D eigenvalue weighted by Gasteiger charge is -2.50. The van der Waals surface area contributed by atoms with Gasteiger partial charge in [-0.25, -0.2) is 0 Å². The highest BCUT2D eigenvalue weighted by Crippen LogP contribution is 2.46. The first-order chi connectivity index (χ1) is 7.11. The average molecular weight is 210 g/mol. The van der Waals surface area contributed by atoms with Crippen LogP contribution in [0.25, 0.3) is 0 Å². The third-order valence-corrected chi connectivity index (χ3v) is 4.94. The van der Waals surface area contributed by atoms with Gasteiger partial charge in [0.15, 0.2) is 0 Å². The minimum Gasteiger partial charge on any atom is -0.326 e. The van der Waals surface area contributed by atoms with E-state index < -0.39 is 0 Å². The Kier molecular flexibility index (Phi) is 3.09. The van der Waals surface area contributed by atoms with E-state index in [1.54, 1.807) is 0 Å². The Morgan fingerprint density at radius 1 is 1.27 bits per heavy atom. The van der Waals surface area contributed by atoms with Crippen molar-refractivity contribution in [2.24, 2.45) is 17.6 Å². The van der Waals surface area contributed by atoms with Crippen LogP contribution in [0.2, 0.25) is 0 Å². The molecule has 1 saturated carbocycles. The third-order valence-electron chi connectivity index (χ3n) is 4.94. The maximum Gasteiger partial charge on any atom is 0.0388 e. The van der Waals surface area contributed by atoms with E-state index in [-0.39, 0.29) is 0 Å². The number of hydrogen-bond acceptors (Lipinski definition) is 2. The molecule has 15 heavy (non-hydrogen) atoms. The van der Waals surface area contributed by atoms with Gasteiger partial charge in [0.1, 0.15) is 0 Å². The molecule has 2 N–H and O–H groups in total. The van der Waals surface area contributed by atoms with Crippen molar-refractivity contribution in [3.05, 3.63) is 0 Å². The predicted molar refractivity (Wildman–Crippen MR) is 64.7 cm³/mol. The van der Waals surface area contributed by atoms with Gasteiger partial charge in [-0.05, 0) is 37.6 Å². The fraction of sp³-hybridized carbons (Fsp3) is 1.00. The molecule has 2 fully saturated rings. The molecule has 4 unspecified atom stereocenters. The summed E-state index contributed by atoms with van der Waals surface area (Å²) in [5.74, 6) is 1.64. The second-order valence-corrected chi connectivity index (χ2v) is 5.75. The fourth-order valence-corrected chi connectivity index (χ4v) is 4.04. The molecule has 0 aromatic heterocycles. The third kappa shape index (κ3) is 1.62. The Morgan fingerprint density at radius 3 is 2.67 bits per heavy atom. The van der Waals surface area contributed by atoms with Gasteiger partial charge in [-0.15, -0.1) is 0 Å². The molecule has 2 nitrogen and oxygen atoms in total. The van der Waals surface area contributed by atoms with Gasteiger partial charge in [-0.1, -0.05) is 27.2 Å². The van der Waals surface area contributed by atoms with E-state index >= 15 is 0 Å². The highest BCUT2D eigenvalue weighted by Gasteiger charge is 2.51. The van der Waals surface area contributed by atoms with Crippen LogP contribution in [0, 0.1) is 11.8 Å². The highest BCUT2D eigenvalue weighted by atomic mass is 15.3. The Labute approximate surface area is 94.2 Å². The molecule has 1 spiro atoms. The van der Waals surface area contributed by atoms with E-state index in [0.29, 0.717) is 11.6 Å². The van der Waals surface area contributed by atoms with Crippen LogP contribution in [0.1, 0.15) is 46.5 Å². The molecule has 2 heteroatoms. The van der Waals surface area contributed by atoms with Gasteiger partial charge in [0.2, 0.25) is 0 Å². The summed E-state index contributed by atoms with van der Waals surface area (Å²) >= 11 is 0. The maximum atomic E-state index is 6.42. The predicted octanol–water partition coefficient (Wildman–Crippen LogP) is 2.23. The van der Waals surface area contributed by atoms with E-state index in [1.165, 1.54) is 38.8 Å². The van der Waals surface area contributed by atoms with Crippen LogP contribution in [0.15, 0.2) is 0 Å². The van der Waals surface area contributed by atoms with Crippen molar-refractivity contribution < 1.29 is 0 Å². The molecular weight excluding hydrogens is 184 g/mol. The molecule has 0 radical (unpaired) electrons. The van der Waals surface area contributed by atoms with Crippen LogP contribution in [0.5, 0.6) is 0 Å². The normalized spacial score (nSPS) is 47.6. The lowest BCUT2D eigenvalue weighted by atomic mass is 9.66. The molecular formula is C13H26N2. The molecule has 4 atom stereocenters. The first-order valence-corrected chi connectivity index (χ1v) is 6.62. The lowest BCUT2D eigenvalue weighted by molar-refractivity contribution is 0.0158. The van der Waals surface area contributed by atoms with Gasteiger partial charge in [0.05, 0.1) is 0 Å². The minimum atomic E-state index is 0.340. The van der Waals surface area contributed by atoms with Gasteiger partial charge in [0.25, 0.3) is 0 Å². The van der Waals surface area contributed by atoms with Crippen LogP contribution >= 0.6 is 0 Å². The zero-order valence-electron chi connectivity index (χ0n) is 10.5. The van der Waals surface area contributed by atoms with Crippen molar-refractivity contribution in [2.75, 3.05) is 13.1 Å². The van der Waals surface area contributed by atoms with Crippen molar-refractivity contribution in [3.8, 4) is 0 Å². The highest BCUT2D eigenvalue weighted by molar-refractivity contribution is 5.09. The second-order valence-electron chi connectivity index (χ2n) is 5.75. The van der Waals surface area contributed by atoms with E-state index in [0.717, 1.165) is 11.8 Å². The SMILES string of the molecule is CCN1CCC(N)C12CC(C)CCC2C. The van der Waals surface area contributed by atoms with E-state index in [1.807, 2.05) is 0 Å². The standard InChI is InChI=1S/C13H26N2/c1-4-15-8-7-12(14)13(15)9-10(2)5-6-11(13)3/h10-12H,4-9,14H2,1-3H3. The van der Waals surface area contributed by atoms with Crippen LogP contribution in [-0.4, -0.2) is 29.6 Å². The van der Waals surface area contributed by atoms with Crippen molar-refractivity contribution in [3.63, 3.8) is 0 Å². The van der Waals surface area contributed by atoms with E-state index in [2.05, 4.69) is 25.7 Å². The molecule has 2 aliphatic rings. The number of likely N-dealkylation sites (tertiary alicyclic amines) is 1. The van der Waals surface area contributed by atoms with Gasteiger partial charge < -0.3 is 5.73 Å². The summed E-state index contributed by atoms with van der Waals surface area (Å²) in [5, 5.41) is 0. The van der Waals surface area contributed by atoms with Crippen LogP contribution in [0.4, 0.5) is 0 Å². The van der Waals surface area contributed by atoms with Gasteiger partial charge in [0, 0.05) is 18.1 Å². The first-order valence-electron chi connectivity index (χ1n) is 6.62. The number of nitrogens with two attached hydrogens (primary N) is 1. The summed E-state index contributed by atoms with van der Waals surface area (Å²) in [6.45, 7) is 9.48. The largest absolute Gasteiger partial charge is 0.326 e. The number of rotatable bonds is 1. The summed E-state index contributed by atoms with van der Waals surface area (Å²) < 4.78 is 0. The molecule has 0 amide bonds. The number of hydrogen-bond donors (Lipinski definition) is 1. The monoisotopic (exact) mass is 210 g/mol. The summed E-state index contributed by atoms with van der Waals surface area (Å²) in [4.78, 5) is 2.66. The minimum absolute atomic E-state index is 0.340. The second kappa shape index (κ2) is 4.06. The first kappa shape index (κ1) is 11.4. The molecule has 2 rings (SSSR count). The average Bonchev–Trinajstić information content (AvgIpc) is 2.52. The molecule has 1 aliphatic carbocycles. The van der Waals surface area contributed by atoms with Crippen molar-refractivity contribution in [2.45, 2.75) is 58.0 Å². The molecule has 1 heterocycles. The molecule has 0 bridgehead atoms. The summed E-state index contributed by atoms with van der Waals surface area (Å²) in [6, 6.07) is 0.412. The Balaban J connectivity index is 2.26. The van der Waals surface area contributed by atoms with Crippen molar-refractivity contribution >= 4 is 0 Å². The van der Waals surface area contributed by atoms with Crippen molar-refractivity contribution in [1.29, 1.82) is 0 Å². The zero-order valence-corrected chi connectivity index (χ0v) is 10.5. The van der Waals surface area contributed by atoms with Crippen molar-refractivity contribution in [1.82, 2.24) is 4.90 Å². The number of likely N-dealkylation sites (N-methyl/N-ethyl adjacent to an activating group) is 1. The van der Waals surface area contributed by atoms with Gasteiger partial charge >= 0.3 is 0 Å². The molecule has 0 aromatic carbocycles. The van der Waals surface area contributed by atoms with Gasteiger partial charge in [-0.2, -0.15) is 0 Å². The van der Waals surface area contributed by atoms with Crippen LogP contribution in [0.3, 0.4) is 0 Å². The summed E-state index contributed by atoms with van der Waals surface area (Å²) in [6.07, 6.45) is 5.28. The summed E-state index contributed by atoms with van der Waals surface area (Å²) in [7, 11) is 0. The van der Waals surface area contributed by atoms with Crippen LogP contribution < -0.4 is 5.73 Å². The summed E-state index contributed by atoms with van der Waals surface area (Å²) in [5.41, 5.74) is 6.76. The Bertz CT molecular complexity index is 229.